The molecule has 7 nitrogen and oxygen atoms in total. The van der Waals surface area contributed by atoms with Crippen LogP contribution in [-0.4, -0.2) is 70.6 Å². The molecular formula is C28H30FN3O4. The summed E-state index contributed by atoms with van der Waals surface area (Å²) < 4.78 is 20.5. The van der Waals surface area contributed by atoms with Crippen molar-refractivity contribution in [1.29, 1.82) is 0 Å². The van der Waals surface area contributed by atoms with Crippen molar-refractivity contribution in [1.82, 2.24) is 14.8 Å². The van der Waals surface area contributed by atoms with E-state index in [2.05, 4.69) is 4.98 Å². The second kappa shape index (κ2) is 10.9. The van der Waals surface area contributed by atoms with Crippen molar-refractivity contribution in [3.05, 3.63) is 83.8 Å². The Bertz CT molecular complexity index is 1240. The first-order chi connectivity index (χ1) is 17.3. The number of aromatic nitrogens is 1. The Labute approximate surface area is 210 Å². The first kappa shape index (κ1) is 25.3. The summed E-state index contributed by atoms with van der Waals surface area (Å²) in [5.74, 6) is -1.37. The molecule has 3 atom stereocenters. The number of benzene rings is 2. The normalized spacial score (nSPS) is 18.5. The zero-order valence-corrected chi connectivity index (χ0v) is 20.6. The lowest BCUT2D eigenvalue weighted by Gasteiger charge is -2.37. The molecule has 2 amide bonds. The molecule has 0 radical (unpaired) electrons. The molecule has 0 bridgehead atoms. The number of halogens is 1. The van der Waals surface area contributed by atoms with E-state index in [4.69, 9.17) is 4.74 Å². The number of carbonyl (C=O) groups excluding carboxylic acids is 2. The summed E-state index contributed by atoms with van der Waals surface area (Å²) in [7, 11) is 1.59. The van der Waals surface area contributed by atoms with E-state index in [9.17, 15) is 19.1 Å². The van der Waals surface area contributed by atoms with Crippen molar-refractivity contribution in [3.8, 4) is 17.0 Å². The number of ether oxygens (including phenoxy) is 1. The molecule has 2 heterocycles. The van der Waals surface area contributed by atoms with Crippen molar-refractivity contribution >= 4 is 11.8 Å². The van der Waals surface area contributed by atoms with Crippen LogP contribution in [0.4, 0.5) is 4.39 Å². The van der Waals surface area contributed by atoms with Gasteiger partial charge in [0.15, 0.2) is 0 Å². The third-order valence-electron chi connectivity index (χ3n) is 6.53. The number of likely N-dealkylation sites (N-methyl/N-ethyl adjacent to an activating group) is 1. The number of hydrogen-bond donors (Lipinski definition) is 1. The van der Waals surface area contributed by atoms with Gasteiger partial charge in [0, 0.05) is 31.3 Å². The van der Waals surface area contributed by atoms with E-state index in [1.165, 1.54) is 23.1 Å². The van der Waals surface area contributed by atoms with Crippen LogP contribution in [0.15, 0.2) is 66.9 Å². The minimum absolute atomic E-state index is 0.0183. The molecule has 0 saturated heterocycles. The Morgan fingerprint density at radius 2 is 1.89 bits per heavy atom. The SMILES string of the molecule is C[C@H](CO)N1C[C@H](C)[C@@H](CN(C)C(=O)c2ccccc2F)Oc2ncc(-c3ccccc3)cc2C1=O. The zero-order valence-electron chi connectivity index (χ0n) is 20.6. The Morgan fingerprint density at radius 3 is 2.58 bits per heavy atom. The number of hydrogen-bond acceptors (Lipinski definition) is 5. The number of aliphatic hydroxyl groups excluding tert-OH is 1. The topological polar surface area (TPSA) is 83.0 Å². The summed E-state index contributed by atoms with van der Waals surface area (Å²) in [6.07, 6.45) is 1.12. The van der Waals surface area contributed by atoms with Crippen LogP contribution in [0.2, 0.25) is 0 Å². The van der Waals surface area contributed by atoms with E-state index in [0.717, 1.165) is 11.1 Å². The highest BCUT2D eigenvalue weighted by molar-refractivity contribution is 5.98. The van der Waals surface area contributed by atoms with Gasteiger partial charge in [-0.3, -0.25) is 9.59 Å². The van der Waals surface area contributed by atoms with Crippen LogP contribution < -0.4 is 4.74 Å². The third-order valence-corrected chi connectivity index (χ3v) is 6.53. The highest BCUT2D eigenvalue weighted by Crippen LogP contribution is 2.30. The molecule has 188 valence electrons. The summed E-state index contributed by atoms with van der Waals surface area (Å²) in [5.41, 5.74) is 1.94. The van der Waals surface area contributed by atoms with Gasteiger partial charge in [0.05, 0.1) is 24.8 Å². The van der Waals surface area contributed by atoms with Gasteiger partial charge in [0.2, 0.25) is 5.88 Å². The molecule has 36 heavy (non-hydrogen) atoms. The van der Waals surface area contributed by atoms with Crippen molar-refractivity contribution in [3.63, 3.8) is 0 Å². The molecular weight excluding hydrogens is 461 g/mol. The number of pyridine rings is 1. The molecule has 2 aromatic carbocycles. The van der Waals surface area contributed by atoms with Gasteiger partial charge in [-0.1, -0.05) is 49.4 Å². The van der Waals surface area contributed by atoms with E-state index in [-0.39, 0.29) is 42.0 Å². The summed E-state index contributed by atoms with van der Waals surface area (Å²) in [5, 5.41) is 9.84. The third kappa shape index (κ3) is 5.23. The quantitative estimate of drug-likeness (QED) is 0.566. The van der Waals surface area contributed by atoms with E-state index in [1.54, 1.807) is 37.2 Å². The average Bonchev–Trinajstić information content (AvgIpc) is 2.90. The number of aliphatic hydroxyl groups is 1. The summed E-state index contributed by atoms with van der Waals surface area (Å²) in [6.45, 7) is 3.97. The maximum Gasteiger partial charge on any atom is 0.259 e. The average molecular weight is 492 g/mol. The molecule has 1 aliphatic heterocycles. The molecule has 0 saturated carbocycles. The molecule has 0 fully saturated rings. The van der Waals surface area contributed by atoms with Gasteiger partial charge in [0.25, 0.3) is 11.8 Å². The summed E-state index contributed by atoms with van der Waals surface area (Å²) in [6, 6.07) is 16.8. The lowest BCUT2D eigenvalue weighted by Crippen LogP contribution is -2.50. The fourth-order valence-electron chi connectivity index (χ4n) is 4.30. The van der Waals surface area contributed by atoms with Crippen LogP contribution in [0, 0.1) is 11.7 Å². The second-order valence-electron chi connectivity index (χ2n) is 9.23. The number of fused-ring (bicyclic) bond motifs is 1. The summed E-state index contributed by atoms with van der Waals surface area (Å²) in [4.78, 5) is 34.0. The molecule has 3 aromatic rings. The maximum atomic E-state index is 14.2. The van der Waals surface area contributed by atoms with Crippen LogP contribution in [-0.2, 0) is 0 Å². The lowest BCUT2D eigenvalue weighted by atomic mass is 9.99. The first-order valence-electron chi connectivity index (χ1n) is 11.9. The van der Waals surface area contributed by atoms with Crippen molar-refractivity contribution < 1.29 is 23.8 Å². The Kier molecular flexibility index (Phi) is 7.64. The van der Waals surface area contributed by atoms with Crippen LogP contribution in [0.1, 0.15) is 34.6 Å². The molecule has 4 rings (SSSR count). The standard InChI is InChI=1S/C28H30FN3O4/c1-18-15-32(19(2)17-33)28(35)23-13-21(20-9-5-4-6-10-20)14-30-26(23)36-25(18)16-31(3)27(34)22-11-7-8-12-24(22)29/h4-14,18-19,25,33H,15-17H2,1-3H3/t18-,19+,25+/m0/s1. The van der Waals surface area contributed by atoms with Gasteiger partial charge in [0.1, 0.15) is 17.5 Å². The number of amides is 2. The first-order valence-corrected chi connectivity index (χ1v) is 11.9. The van der Waals surface area contributed by atoms with Crippen LogP contribution in [0.5, 0.6) is 5.88 Å². The van der Waals surface area contributed by atoms with Gasteiger partial charge in [-0.25, -0.2) is 9.37 Å². The summed E-state index contributed by atoms with van der Waals surface area (Å²) >= 11 is 0. The smallest absolute Gasteiger partial charge is 0.259 e. The second-order valence-corrected chi connectivity index (χ2v) is 9.23. The van der Waals surface area contributed by atoms with Crippen molar-refractivity contribution in [2.75, 3.05) is 26.7 Å². The number of rotatable bonds is 6. The van der Waals surface area contributed by atoms with Gasteiger partial charge < -0.3 is 19.6 Å². The van der Waals surface area contributed by atoms with Crippen LogP contribution in [0.25, 0.3) is 11.1 Å². The van der Waals surface area contributed by atoms with Crippen LogP contribution in [0.3, 0.4) is 0 Å². The maximum absolute atomic E-state index is 14.2. The van der Waals surface area contributed by atoms with Crippen molar-refractivity contribution in [2.24, 2.45) is 5.92 Å². The Morgan fingerprint density at radius 1 is 1.19 bits per heavy atom. The molecule has 1 aliphatic rings. The predicted molar refractivity (Wildman–Crippen MR) is 134 cm³/mol. The fourth-order valence-corrected chi connectivity index (χ4v) is 4.30. The van der Waals surface area contributed by atoms with Gasteiger partial charge >= 0.3 is 0 Å². The van der Waals surface area contributed by atoms with Crippen molar-refractivity contribution in [2.45, 2.75) is 26.0 Å². The zero-order chi connectivity index (χ0) is 25.8. The minimum atomic E-state index is -0.588. The fraction of sp³-hybridized carbons (Fsp3) is 0.321. The molecule has 8 heteroatoms. The Hall–Kier alpha value is -3.78. The van der Waals surface area contributed by atoms with E-state index >= 15 is 0 Å². The van der Waals surface area contributed by atoms with E-state index < -0.39 is 23.9 Å². The highest BCUT2D eigenvalue weighted by atomic mass is 19.1. The lowest BCUT2D eigenvalue weighted by molar-refractivity contribution is 0.0312. The number of carbonyl (C=O) groups is 2. The van der Waals surface area contributed by atoms with E-state index in [1.807, 2.05) is 37.3 Å². The van der Waals surface area contributed by atoms with Gasteiger partial charge in [-0.15, -0.1) is 0 Å². The van der Waals surface area contributed by atoms with Crippen LogP contribution >= 0.6 is 0 Å². The molecule has 0 spiro atoms. The highest BCUT2D eigenvalue weighted by Gasteiger charge is 2.35. The molecule has 0 aliphatic carbocycles. The van der Waals surface area contributed by atoms with Gasteiger partial charge in [-0.05, 0) is 30.7 Å². The molecule has 1 aromatic heterocycles. The largest absolute Gasteiger partial charge is 0.472 e. The van der Waals surface area contributed by atoms with E-state index in [0.29, 0.717) is 6.54 Å². The monoisotopic (exact) mass is 491 g/mol. The Balaban J connectivity index is 1.68. The predicted octanol–water partition coefficient (Wildman–Crippen LogP) is 3.88. The molecule has 0 unspecified atom stereocenters. The molecule has 1 N–H and O–H groups in total. The number of nitrogens with zero attached hydrogens (tertiary/aromatic N) is 3. The minimum Gasteiger partial charge on any atom is -0.472 e. The van der Waals surface area contributed by atoms with Gasteiger partial charge in [-0.2, -0.15) is 0 Å².